The number of Topliss-reactive ketones (excluding diaryl/α,β-unsaturated/α-hetero) is 1. The van der Waals surface area contributed by atoms with Crippen LogP contribution in [0.3, 0.4) is 0 Å². The molecule has 0 saturated carbocycles. The number of rotatable bonds is 6. The summed E-state index contributed by atoms with van der Waals surface area (Å²) in [5, 5.41) is 1.26. The molecule has 3 aromatic carbocycles. The molecule has 5 nitrogen and oxygen atoms in total. The third-order valence-electron chi connectivity index (χ3n) is 5.83. The molecule has 172 valence electrons. The van der Waals surface area contributed by atoms with Crippen molar-refractivity contribution in [2.75, 3.05) is 7.11 Å². The Hall–Kier alpha value is -3.77. The van der Waals surface area contributed by atoms with Crippen molar-refractivity contribution in [1.29, 1.82) is 0 Å². The van der Waals surface area contributed by atoms with E-state index in [1.54, 1.807) is 37.5 Å². The monoisotopic (exact) mass is 477 g/mol. The van der Waals surface area contributed by atoms with Gasteiger partial charge < -0.3 is 18.8 Å². The van der Waals surface area contributed by atoms with Gasteiger partial charge in [0.25, 0.3) is 0 Å². The molecule has 0 radical (unpaired) electrons. The molecule has 2 heterocycles. The van der Waals surface area contributed by atoms with Crippen LogP contribution >= 0.6 is 11.6 Å². The van der Waals surface area contributed by atoms with Crippen LogP contribution in [0.15, 0.2) is 66.6 Å². The lowest BCUT2D eigenvalue weighted by molar-refractivity contribution is 0.101. The van der Waals surface area contributed by atoms with Crippen LogP contribution in [-0.2, 0) is 13.2 Å². The number of hydrogen-bond donors (Lipinski definition) is 0. The van der Waals surface area contributed by atoms with Crippen molar-refractivity contribution in [3.63, 3.8) is 0 Å². The van der Waals surface area contributed by atoms with Crippen LogP contribution in [0, 0.1) is 5.82 Å². The third kappa shape index (κ3) is 3.90. The Morgan fingerprint density at radius 1 is 1.12 bits per heavy atom. The lowest BCUT2D eigenvalue weighted by Crippen LogP contribution is -1.99. The molecule has 7 heteroatoms. The second-order valence-electron chi connectivity index (χ2n) is 7.84. The van der Waals surface area contributed by atoms with E-state index in [9.17, 15) is 9.18 Å². The minimum Gasteiger partial charge on any atom is -0.497 e. The molecule has 0 N–H and O–H groups in total. The van der Waals surface area contributed by atoms with Gasteiger partial charge in [-0.15, -0.1) is 0 Å². The van der Waals surface area contributed by atoms with Crippen LogP contribution in [-0.4, -0.2) is 17.5 Å². The fourth-order valence-corrected chi connectivity index (χ4v) is 4.25. The summed E-state index contributed by atoms with van der Waals surface area (Å²) in [6.45, 7) is 2.80. The number of allylic oxidation sites excluding steroid dienone is 1. The van der Waals surface area contributed by atoms with Crippen LogP contribution in [0.1, 0.15) is 28.4 Å². The predicted molar refractivity (Wildman–Crippen MR) is 129 cm³/mol. The number of hydrogen-bond acceptors (Lipinski definition) is 4. The van der Waals surface area contributed by atoms with E-state index in [0.717, 1.165) is 28.8 Å². The normalized spacial score (nSPS) is 13.9. The molecule has 1 aromatic heterocycles. The number of carbonyl (C=O) groups excluding carboxylic acids is 1. The maximum Gasteiger partial charge on any atom is 0.231 e. The summed E-state index contributed by atoms with van der Waals surface area (Å²) in [6.07, 6.45) is 3.74. The van der Waals surface area contributed by atoms with Gasteiger partial charge in [0.2, 0.25) is 5.78 Å². The van der Waals surface area contributed by atoms with E-state index < -0.39 is 5.82 Å². The first-order chi connectivity index (χ1) is 16.5. The fraction of sp³-hybridized carbons (Fsp3) is 0.148. The van der Waals surface area contributed by atoms with Gasteiger partial charge in [-0.1, -0.05) is 17.7 Å². The molecule has 34 heavy (non-hydrogen) atoms. The van der Waals surface area contributed by atoms with E-state index in [0.29, 0.717) is 22.1 Å². The summed E-state index contributed by atoms with van der Waals surface area (Å²) in [4.78, 5) is 13.0. The SMILES string of the molecule is CCn1cc(/C=C2/Oc3cc(OCc4c(F)cccc4Cl)ccc3C2=O)c2cc(OC)ccc21. The standard InChI is InChI=1S/C27H21ClFNO4/c1-3-30-14-16(20-12-17(32-2)8-10-24(20)30)11-26-27(31)19-9-7-18(13-25(19)34-26)33-15-21-22(28)5-4-6-23(21)29/h4-14H,3,15H2,1-2H3/b26-11+. The number of fused-ring (bicyclic) bond motifs is 2. The molecule has 0 bridgehead atoms. The van der Waals surface area contributed by atoms with Gasteiger partial charge in [0.1, 0.15) is 29.7 Å². The van der Waals surface area contributed by atoms with Gasteiger partial charge in [-0.3, -0.25) is 4.79 Å². The zero-order valence-corrected chi connectivity index (χ0v) is 19.4. The second-order valence-corrected chi connectivity index (χ2v) is 8.25. The Kier molecular flexibility index (Phi) is 5.75. The van der Waals surface area contributed by atoms with Crippen molar-refractivity contribution in [3.05, 3.63) is 94.1 Å². The highest BCUT2D eigenvalue weighted by atomic mass is 35.5. The van der Waals surface area contributed by atoms with E-state index in [2.05, 4.69) is 11.5 Å². The smallest absolute Gasteiger partial charge is 0.231 e. The number of nitrogens with zero attached hydrogens (tertiary/aromatic N) is 1. The molecular formula is C27H21ClFNO4. The number of carbonyl (C=O) groups is 1. The van der Waals surface area contributed by atoms with Crippen LogP contribution in [0.2, 0.25) is 5.02 Å². The average Bonchev–Trinajstić information content (AvgIpc) is 3.35. The van der Waals surface area contributed by atoms with Crippen LogP contribution in [0.4, 0.5) is 4.39 Å². The van der Waals surface area contributed by atoms with Gasteiger partial charge in [0, 0.05) is 40.8 Å². The van der Waals surface area contributed by atoms with Gasteiger partial charge in [-0.2, -0.15) is 0 Å². The number of methoxy groups -OCH3 is 1. The highest BCUT2D eigenvalue weighted by molar-refractivity contribution is 6.31. The van der Waals surface area contributed by atoms with E-state index in [-0.39, 0.29) is 23.7 Å². The summed E-state index contributed by atoms with van der Waals surface area (Å²) < 4.78 is 33.1. The maximum absolute atomic E-state index is 14.0. The predicted octanol–water partition coefficient (Wildman–Crippen LogP) is 6.66. The molecule has 4 aromatic rings. The maximum atomic E-state index is 14.0. The van der Waals surface area contributed by atoms with Crippen LogP contribution in [0.5, 0.6) is 17.2 Å². The number of benzene rings is 3. The first-order valence-corrected chi connectivity index (χ1v) is 11.2. The molecule has 0 spiro atoms. The van der Waals surface area contributed by atoms with Crippen molar-refractivity contribution >= 4 is 34.4 Å². The zero-order chi connectivity index (χ0) is 23.8. The first-order valence-electron chi connectivity index (χ1n) is 10.8. The highest BCUT2D eigenvalue weighted by Gasteiger charge is 2.28. The van der Waals surface area contributed by atoms with Gasteiger partial charge in [-0.05, 0) is 55.5 Å². The quantitative estimate of drug-likeness (QED) is 0.291. The number of ether oxygens (including phenoxy) is 3. The average molecular weight is 478 g/mol. The van der Waals surface area contributed by atoms with Crippen molar-refractivity contribution in [2.24, 2.45) is 0 Å². The lowest BCUT2D eigenvalue weighted by Gasteiger charge is -2.09. The largest absolute Gasteiger partial charge is 0.497 e. The zero-order valence-electron chi connectivity index (χ0n) is 18.6. The molecule has 0 atom stereocenters. The molecule has 0 saturated heterocycles. The molecule has 1 aliphatic rings. The topological polar surface area (TPSA) is 49.7 Å². The summed E-state index contributed by atoms with van der Waals surface area (Å²) in [5.41, 5.74) is 2.61. The number of aromatic nitrogens is 1. The lowest BCUT2D eigenvalue weighted by atomic mass is 10.1. The van der Waals surface area contributed by atoms with Crippen molar-refractivity contribution in [3.8, 4) is 17.2 Å². The van der Waals surface area contributed by atoms with Crippen molar-refractivity contribution < 1.29 is 23.4 Å². The van der Waals surface area contributed by atoms with E-state index in [1.807, 2.05) is 24.4 Å². The minimum absolute atomic E-state index is 0.0424. The molecule has 0 fully saturated rings. The Morgan fingerprint density at radius 3 is 2.71 bits per heavy atom. The molecule has 0 amide bonds. The summed E-state index contributed by atoms with van der Waals surface area (Å²) in [5.74, 6) is 1.15. The van der Waals surface area contributed by atoms with Crippen LogP contribution in [0.25, 0.3) is 17.0 Å². The Morgan fingerprint density at radius 2 is 1.94 bits per heavy atom. The van der Waals surface area contributed by atoms with Gasteiger partial charge in [0.05, 0.1) is 17.7 Å². The first kappa shape index (κ1) is 22.0. The number of aryl methyl sites for hydroxylation is 1. The van der Waals surface area contributed by atoms with Crippen LogP contribution < -0.4 is 14.2 Å². The molecule has 0 unspecified atom stereocenters. The van der Waals surface area contributed by atoms with Crippen molar-refractivity contribution in [1.82, 2.24) is 4.57 Å². The van der Waals surface area contributed by atoms with E-state index in [4.69, 9.17) is 25.8 Å². The Balaban J connectivity index is 1.42. The third-order valence-corrected chi connectivity index (χ3v) is 6.19. The van der Waals surface area contributed by atoms with Gasteiger partial charge in [0.15, 0.2) is 5.76 Å². The van der Waals surface area contributed by atoms with Crippen molar-refractivity contribution in [2.45, 2.75) is 20.1 Å². The molecular weight excluding hydrogens is 457 g/mol. The number of ketones is 1. The van der Waals surface area contributed by atoms with E-state index >= 15 is 0 Å². The summed E-state index contributed by atoms with van der Waals surface area (Å²) >= 11 is 6.07. The molecule has 5 rings (SSSR count). The van der Waals surface area contributed by atoms with Gasteiger partial charge in [-0.25, -0.2) is 4.39 Å². The molecule has 1 aliphatic heterocycles. The highest BCUT2D eigenvalue weighted by Crippen LogP contribution is 2.36. The van der Waals surface area contributed by atoms with E-state index in [1.165, 1.54) is 12.1 Å². The Bertz CT molecular complexity index is 1440. The number of halogens is 2. The summed E-state index contributed by atoms with van der Waals surface area (Å²) in [6, 6.07) is 15.3. The minimum atomic E-state index is -0.437. The van der Waals surface area contributed by atoms with Gasteiger partial charge >= 0.3 is 0 Å². The Labute approximate surface area is 200 Å². The fourth-order valence-electron chi connectivity index (χ4n) is 4.03. The second kappa shape index (κ2) is 8.88. The molecule has 0 aliphatic carbocycles. The summed E-state index contributed by atoms with van der Waals surface area (Å²) in [7, 11) is 1.62.